The van der Waals surface area contributed by atoms with Crippen LogP contribution < -0.4 is 5.32 Å². The van der Waals surface area contributed by atoms with Crippen LogP contribution in [0.15, 0.2) is 48.8 Å². The van der Waals surface area contributed by atoms with Gasteiger partial charge in [-0.3, -0.25) is 9.78 Å². The summed E-state index contributed by atoms with van der Waals surface area (Å²) < 4.78 is 13.6. The highest BCUT2D eigenvalue weighted by Crippen LogP contribution is 2.20. The van der Waals surface area contributed by atoms with Crippen molar-refractivity contribution in [2.24, 2.45) is 0 Å². The summed E-state index contributed by atoms with van der Waals surface area (Å²) in [5.41, 5.74) is 2.37. The molecule has 0 saturated heterocycles. The van der Waals surface area contributed by atoms with Gasteiger partial charge in [0.2, 0.25) is 0 Å². The van der Waals surface area contributed by atoms with Crippen molar-refractivity contribution in [3.05, 3.63) is 81.3 Å². The third kappa shape index (κ3) is 4.48. The molecule has 3 rings (SSSR count). The van der Waals surface area contributed by atoms with E-state index in [2.05, 4.69) is 15.3 Å². The fraction of sp³-hybridized carbons (Fsp3) is 0.211. The SMILES string of the molecule is Cc1nc(CCc2ccncc2)sc1C(=O)NCc1ccccc1F. The standard InChI is InChI=1S/C19H18FN3OS/c1-13-18(19(24)22-12-15-4-2-3-5-16(15)20)25-17(23-13)7-6-14-8-10-21-11-9-14/h2-5,8-11H,6-7,12H2,1H3,(H,22,24). The topological polar surface area (TPSA) is 54.9 Å². The third-order valence-corrected chi connectivity index (χ3v) is 5.04. The lowest BCUT2D eigenvalue weighted by Crippen LogP contribution is -2.23. The number of aromatic nitrogens is 2. The lowest BCUT2D eigenvalue weighted by Gasteiger charge is -2.05. The molecule has 3 aromatic rings. The fourth-order valence-electron chi connectivity index (χ4n) is 2.47. The molecule has 2 aromatic heterocycles. The molecule has 0 aliphatic carbocycles. The van der Waals surface area contributed by atoms with E-state index in [-0.39, 0.29) is 18.3 Å². The minimum Gasteiger partial charge on any atom is -0.347 e. The van der Waals surface area contributed by atoms with Gasteiger partial charge in [-0.1, -0.05) is 18.2 Å². The summed E-state index contributed by atoms with van der Waals surface area (Å²) in [5, 5.41) is 3.69. The van der Waals surface area contributed by atoms with Crippen LogP contribution in [0.3, 0.4) is 0 Å². The van der Waals surface area contributed by atoms with E-state index in [1.165, 1.54) is 23.0 Å². The van der Waals surface area contributed by atoms with Crippen LogP contribution in [-0.4, -0.2) is 15.9 Å². The molecule has 25 heavy (non-hydrogen) atoms. The zero-order valence-corrected chi connectivity index (χ0v) is 14.6. The number of carbonyl (C=O) groups excluding carboxylic acids is 1. The van der Waals surface area contributed by atoms with Crippen molar-refractivity contribution in [3.8, 4) is 0 Å². The molecule has 0 radical (unpaired) electrons. The Kier molecular flexibility index (Phi) is 5.50. The maximum atomic E-state index is 13.6. The molecule has 0 fully saturated rings. The van der Waals surface area contributed by atoms with Gasteiger partial charge in [0, 0.05) is 30.9 Å². The first-order valence-electron chi connectivity index (χ1n) is 8.00. The monoisotopic (exact) mass is 355 g/mol. The first-order chi connectivity index (χ1) is 12.1. The fourth-order valence-corrected chi connectivity index (χ4v) is 3.45. The van der Waals surface area contributed by atoms with E-state index < -0.39 is 0 Å². The van der Waals surface area contributed by atoms with Crippen molar-refractivity contribution in [3.63, 3.8) is 0 Å². The van der Waals surface area contributed by atoms with Crippen molar-refractivity contribution in [1.29, 1.82) is 0 Å². The van der Waals surface area contributed by atoms with Gasteiger partial charge in [-0.2, -0.15) is 0 Å². The Labute approximate surface area is 149 Å². The van der Waals surface area contributed by atoms with Crippen LogP contribution in [0.25, 0.3) is 0 Å². The average Bonchev–Trinajstić information content (AvgIpc) is 3.01. The Balaban J connectivity index is 1.61. The smallest absolute Gasteiger partial charge is 0.263 e. The molecule has 0 aliphatic rings. The van der Waals surface area contributed by atoms with E-state index >= 15 is 0 Å². The first-order valence-corrected chi connectivity index (χ1v) is 8.82. The van der Waals surface area contributed by atoms with Crippen molar-refractivity contribution < 1.29 is 9.18 Å². The van der Waals surface area contributed by atoms with E-state index in [1.807, 2.05) is 19.1 Å². The Morgan fingerprint density at radius 3 is 2.68 bits per heavy atom. The van der Waals surface area contributed by atoms with Gasteiger partial charge in [-0.25, -0.2) is 9.37 Å². The number of halogens is 1. The minimum absolute atomic E-state index is 0.162. The summed E-state index contributed by atoms with van der Waals surface area (Å²) >= 11 is 1.39. The molecule has 128 valence electrons. The van der Waals surface area contributed by atoms with Gasteiger partial charge in [-0.05, 0) is 37.1 Å². The normalized spacial score (nSPS) is 10.6. The van der Waals surface area contributed by atoms with Crippen LogP contribution in [0.2, 0.25) is 0 Å². The number of nitrogens with zero attached hydrogens (tertiary/aromatic N) is 2. The number of aryl methyl sites for hydroxylation is 3. The number of benzene rings is 1. The molecule has 0 unspecified atom stereocenters. The Morgan fingerprint density at radius 1 is 1.16 bits per heavy atom. The molecular formula is C19H18FN3OS. The van der Waals surface area contributed by atoms with Crippen molar-refractivity contribution in [2.45, 2.75) is 26.3 Å². The van der Waals surface area contributed by atoms with Gasteiger partial charge in [0.25, 0.3) is 5.91 Å². The minimum atomic E-state index is -0.318. The van der Waals surface area contributed by atoms with Crippen LogP contribution in [-0.2, 0) is 19.4 Å². The van der Waals surface area contributed by atoms with E-state index in [0.29, 0.717) is 16.1 Å². The van der Waals surface area contributed by atoms with E-state index in [9.17, 15) is 9.18 Å². The largest absolute Gasteiger partial charge is 0.347 e. The molecule has 1 aromatic carbocycles. The number of amides is 1. The third-order valence-electron chi connectivity index (χ3n) is 3.82. The van der Waals surface area contributed by atoms with Gasteiger partial charge in [0.1, 0.15) is 10.7 Å². The second-order valence-corrected chi connectivity index (χ2v) is 6.74. The number of hydrogen-bond acceptors (Lipinski definition) is 4. The first kappa shape index (κ1) is 17.2. The van der Waals surface area contributed by atoms with Crippen molar-refractivity contribution >= 4 is 17.2 Å². The molecular weight excluding hydrogens is 337 g/mol. The summed E-state index contributed by atoms with van der Waals surface area (Å²) in [6.07, 6.45) is 5.16. The number of nitrogens with one attached hydrogen (secondary N) is 1. The van der Waals surface area contributed by atoms with Crippen LogP contribution >= 0.6 is 11.3 Å². The van der Waals surface area contributed by atoms with Crippen LogP contribution in [0.1, 0.15) is 31.5 Å². The lowest BCUT2D eigenvalue weighted by atomic mass is 10.1. The molecule has 1 amide bonds. The zero-order valence-electron chi connectivity index (χ0n) is 13.8. The quantitative estimate of drug-likeness (QED) is 0.733. The van der Waals surface area contributed by atoms with Gasteiger partial charge in [-0.15, -0.1) is 11.3 Å². The predicted octanol–water partition coefficient (Wildman–Crippen LogP) is 3.70. The summed E-state index contributed by atoms with van der Waals surface area (Å²) in [7, 11) is 0. The summed E-state index contributed by atoms with van der Waals surface area (Å²) in [6.45, 7) is 1.99. The Bertz CT molecular complexity index is 864. The highest BCUT2D eigenvalue weighted by molar-refractivity contribution is 7.13. The number of hydrogen-bond donors (Lipinski definition) is 1. The van der Waals surface area contributed by atoms with Crippen LogP contribution in [0.4, 0.5) is 4.39 Å². The Hall–Kier alpha value is -2.60. The molecule has 0 aliphatic heterocycles. The maximum absolute atomic E-state index is 13.6. The van der Waals surface area contributed by atoms with E-state index in [1.54, 1.807) is 30.6 Å². The molecule has 4 nitrogen and oxygen atoms in total. The number of rotatable bonds is 6. The Morgan fingerprint density at radius 2 is 1.92 bits per heavy atom. The highest BCUT2D eigenvalue weighted by Gasteiger charge is 2.15. The highest BCUT2D eigenvalue weighted by atomic mass is 32.1. The second-order valence-electron chi connectivity index (χ2n) is 5.65. The molecule has 2 heterocycles. The molecule has 1 N–H and O–H groups in total. The van der Waals surface area contributed by atoms with Gasteiger partial charge >= 0.3 is 0 Å². The van der Waals surface area contributed by atoms with Gasteiger partial charge in [0.15, 0.2) is 0 Å². The number of thiazole rings is 1. The molecule has 0 spiro atoms. The summed E-state index contributed by atoms with van der Waals surface area (Å²) in [6, 6.07) is 10.4. The molecule has 6 heteroatoms. The number of pyridine rings is 1. The van der Waals surface area contributed by atoms with Crippen molar-refractivity contribution in [2.75, 3.05) is 0 Å². The predicted molar refractivity (Wildman–Crippen MR) is 96.1 cm³/mol. The molecule has 0 atom stereocenters. The maximum Gasteiger partial charge on any atom is 0.263 e. The summed E-state index contributed by atoms with van der Waals surface area (Å²) in [5.74, 6) is -0.532. The van der Waals surface area contributed by atoms with Crippen molar-refractivity contribution in [1.82, 2.24) is 15.3 Å². The lowest BCUT2D eigenvalue weighted by molar-refractivity contribution is 0.0954. The van der Waals surface area contributed by atoms with Gasteiger partial charge < -0.3 is 5.32 Å². The summed E-state index contributed by atoms with van der Waals surface area (Å²) in [4.78, 5) is 21.4. The van der Waals surface area contributed by atoms with E-state index in [4.69, 9.17) is 0 Å². The van der Waals surface area contributed by atoms with Crippen LogP contribution in [0, 0.1) is 12.7 Å². The molecule has 0 saturated carbocycles. The van der Waals surface area contributed by atoms with Gasteiger partial charge in [0.05, 0.1) is 10.7 Å². The zero-order chi connectivity index (χ0) is 17.6. The average molecular weight is 355 g/mol. The number of carbonyl (C=O) groups is 1. The second kappa shape index (κ2) is 7.98. The van der Waals surface area contributed by atoms with E-state index in [0.717, 1.165) is 17.8 Å². The molecule has 0 bridgehead atoms. The van der Waals surface area contributed by atoms with Crippen LogP contribution in [0.5, 0.6) is 0 Å².